The maximum absolute atomic E-state index is 13.0. The van der Waals surface area contributed by atoms with Crippen LogP contribution >= 0.6 is 0 Å². The third-order valence-electron chi connectivity index (χ3n) is 5.25. The number of hydrogen-bond donors (Lipinski definition) is 8. The highest BCUT2D eigenvalue weighted by atomic mass is 16.7. The lowest BCUT2D eigenvalue weighted by molar-refractivity contribution is -0.277. The van der Waals surface area contributed by atoms with Crippen molar-refractivity contribution in [2.45, 2.75) is 30.7 Å². The molecule has 33 heavy (non-hydrogen) atoms. The summed E-state index contributed by atoms with van der Waals surface area (Å²) in [5.74, 6) is -3.04. The summed E-state index contributed by atoms with van der Waals surface area (Å²) in [5, 5.41) is 78.7. The molecule has 4 rings (SSSR count). The second kappa shape index (κ2) is 8.42. The first-order valence-electron chi connectivity index (χ1n) is 9.64. The van der Waals surface area contributed by atoms with E-state index in [4.69, 9.17) is 13.9 Å². The summed E-state index contributed by atoms with van der Waals surface area (Å²) in [6.07, 6.45) is -8.12. The topological polar surface area (TPSA) is 211 Å². The number of rotatable bonds is 4. The highest BCUT2D eigenvalue weighted by Crippen LogP contribution is 2.38. The Kier molecular flexibility index (Phi) is 5.78. The van der Waals surface area contributed by atoms with Gasteiger partial charge in [0.25, 0.3) is 0 Å². The quantitative estimate of drug-likeness (QED) is 0.229. The monoisotopic (exact) mass is 464 g/mol. The molecule has 8 N–H and O–H groups in total. The van der Waals surface area contributed by atoms with Gasteiger partial charge in [-0.25, -0.2) is 0 Å². The third-order valence-corrected chi connectivity index (χ3v) is 5.25. The van der Waals surface area contributed by atoms with E-state index in [-0.39, 0.29) is 22.3 Å². The molecule has 1 saturated heterocycles. The van der Waals surface area contributed by atoms with Gasteiger partial charge in [0.05, 0.1) is 6.61 Å². The van der Waals surface area contributed by atoms with Gasteiger partial charge in [0.1, 0.15) is 46.9 Å². The van der Waals surface area contributed by atoms with E-state index in [2.05, 4.69) is 0 Å². The van der Waals surface area contributed by atoms with Crippen molar-refractivity contribution in [1.82, 2.24) is 0 Å². The van der Waals surface area contributed by atoms with Gasteiger partial charge in [-0.1, -0.05) is 0 Å². The van der Waals surface area contributed by atoms with Crippen LogP contribution in [0.4, 0.5) is 0 Å². The molecule has 0 aliphatic carbocycles. The molecular formula is C21H20O12. The minimum absolute atomic E-state index is 0.0431. The minimum Gasteiger partial charge on any atom is -0.508 e. The fourth-order valence-corrected chi connectivity index (χ4v) is 3.50. The van der Waals surface area contributed by atoms with E-state index in [0.717, 1.165) is 24.3 Å². The Labute approximate surface area is 184 Å². The van der Waals surface area contributed by atoms with Gasteiger partial charge in [-0.2, -0.15) is 0 Å². The van der Waals surface area contributed by atoms with E-state index in [9.17, 15) is 45.6 Å². The van der Waals surface area contributed by atoms with Crippen LogP contribution in [0.25, 0.3) is 22.3 Å². The van der Waals surface area contributed by atoms with Gasteiger partial charge in [0.15, 0.2) is 17.3 Å². The fraction of sp³-hybridized carbons (Fsp3) is 0.286. The van der Waals surface area contributed by atoms with E-state index in [1.807, 2.05) is 0 Å². The maximum atomic E-state index is 13.0. The smallest absolute Gasteiger partial charge is 0.238 e. The van der Waals surface area contributed by atoms with Crippen LogP contribution in [-0.4, -0.2) is 78.2 Å². The number of benzene rings is 2. The number of phenolic OH excluding ortho intramolecular Hbond substituents is 3. The van der Waals surface area contributed by atoms with Crippen molar-refractivity contribution in [3.63, 3.8) is 0 Å². The number of hydrogen-bond acceptors (Lipinski definition) is 12. The lowest BCUT2D eigenvalue weighted by atomic mass is 9.99. The van der Waals surface area contributed by atoms with Gasteiger partial charge >= 0.3 is 0 Å². The lowest BCUT2D eigenvalue weighted by Crippen LogP contribution is -2.60. The highest BCUT2D eigenvalue weighted by Gasteiger charge is 2.45. The van der Waals surface area contributed by atoms with Gasteiger partial charge in [-0.05, 0) is 18.2 Å². The van der Waals surface area contributed by atoms with E-state index >= 15 is 0 Å². The first kappa shape index (κ1) is 22.6. The van der Waals surface area contributed by atoms with Gasteiger partial charge in [0, 0.05) is 17.7 Å². The fourth-order valence-electron chi connectivity index (χ4n) is 3.50. The Morgan fingerprint density at radius 2 is 1.64 bits per heavy atom. The number of aromatic hydroxyl groups is 4. The molecule has 12 heteroatoms. The second-order valence-electron chi connectivity index (χ2n) is 7.44. The van der Waals surface area contributed by atoms with Crippen LogP contribution in [0.15, 0.2) is 39.5 Å². The molecule has 0 saturated carbocycles. The van der Waals surface area contributed by atoms with E-state index < -0.39 is 71.5 Å². The zero-order valence-electron chi connectivity index (χ0n) is 16.7. The Balaban J connectivity index is 1.81. The molecule has 176 valence electrons. The van der Waals surface area contributed by atoms with Crippen molar-refractivity contribution in [3.8, 4) is 40.1 Å². The molecular weight excluding hydrogens is 444 g/mol. The number of ether oxygens (including phenoxy) is 2. The average Bonchev–Trinajstić information content (AvgIpc) is 2.78. The van der Waals surface area contributed by atoms with Crippen molar-refractivity contribution < 1.29 is 54.7 Å². The van der Waals surface area contributed by atoms with Gasteiger partial charge in [0.2, 0.25) is 17.5 Å². The SMILES string of the molecule is O=c1c(O)c(-c2ccc(O)c(O)c2)oc2cc(O)cc(OC3O[C@H](CO)[C@@H](O)[C@H](O)[C@H]3O)c12. The van der Waals surface area contributed by atoms with Crippen LogP contribution in [0.3, 0.4) is 0 Å². The summed E-state index contributed by atoms with van der Waals surface area (Å²) < 4.78 is 16.3. The van der Waals surface area contributed by atoms with E-state index in [1.165, 1.54) is 6.07 Å². The maximum Gasteiger partial charge on any atom is 0.238 e. The van der Waals surface area contributed by atoms with Gasteiger partial charge in [-0.15, -0.1) is 0 Å². The van der Waals surface area contributed by atoms with Crippen LogP contribution in [0.2, 0.25) is 0 Å². The van der Waals surface area contributed by atoms with Crippen molar-refractivity contribution in [3.05, 3.63) is 40.6 Å². The summed E-state index contributed by atoms with van der Waals surface area (Å²) in [5.41, 5.74) is -1.21. The molecule has 1 aromatic heterocycles. The van der Waals surface area contributed by atoms with Crippen molar-refractivity contribution >= 4 is 11.0 Å². The van der Waals surface area contributed by atoms with Crippen molar-refractivity contribution in [1.29, 1.82) is 0 Å². The molecule has 0 spiro atoms. The van der Waals surface area contributed by atoms with Crippen LogP contribution in [0.5, 0.6) is 28.7 Å². The zero-order valence-corrected chi connectivity index (χ0v) is 16.7. The van der Waals surface area contributed by atoms with Crippen LogP contribution < -0.4 is 10.2 Å². The lowest BCUT2D eigenvalue weighted by Gasteiger charge is -2.39. The van der Waals surface area contributed by atoms with E-state index in [1.54, 1.807) is 0 Å². The normalized spacial score (nSPS) is 25.3. The molecule has 12 nitrogen and oxygen atoms in total. The van der Waals surface area contributed by atoms with Gasteiger partial charge in [-0.3, -0.25) is 4.79 Å². The Morgan fingerprint density at radius 1 is 0.909 bits per heavy atom. The molecule has 1 fully saturated rings. The Hall–Kier alpha value is -3.55. The summed E-state index contributed by atoms with van der Waals surface area (Å²) in [6, 6.07) is 5.47. The first-order valence-corrected chi connectivity index (χ1v) is 9.64. The van der Waals surface area contributed by atoms with Crippen LogP contribution in [0.1, 0.15) is 0 Å². The predicted molar refractivity (Wildman–Crippen MR) is 109 cm³/mol. The molecule has 5 atom stereocenters. The largest absolute Gasteiger partial charge is 0.508 e. The molecule has 3 aromatic rings. The first-order chi connectivity index (χ1) is 15.6. The summed E-state index contributed by atoms with van der Waals surface area (Å²) in [4.78, 5) is 13.0. The van der Waals surface area contributed by atoms with Gasteiger partial charge < -0.3 is 54.7 Å². The molecule has 0 amide bonds. The third kappa shape index (κ3) is 3.90. The summed E-state index contributed by atoms with van der Waals surface area (Å²) >= 11 is 0. The zero-order chi connectivity index (χ0) is 24.0. The van der Waals surface area contributed by atoms with Crippen molar-refractivity contribution in [2.24, 2.45) is 0 Å². The molecule has 2 heterocycles. The standard InChI is InChI=1S/C21H20O12/c22-6-13-15(26)17(28)19(30)21(33-13)32-12-5-8(23)4-11-14(12)16(27)18(29)20(31-11)7-1-2-9(24)10(25)3-7/h1-5,13,15,17,19,21-26,28-30H,6H2/t13-,15-,17+,19-,21?/m1/s1. The predicted octanol–water partition coefficient (Wildman–Crippen LogP) is -0.539. The minimum atomic E-state index is -1.79. The Bertz CT molecular complexity index is 1250. The average molecular weight is 464 g/mol. The summed E-state index contributed by atoms with van der Waals surface area (Å²) in [6.45, 7) is -0.711. The van der Waals surface area contributed by atoms with Crippen LogP contribution in [-0.2, 0) is 4.74 Å². The highest BCUT2D eigenvalue weighted by molar-refractivity contribution is 5.88. The van der Waals surface area contributed by atoms with E-state index in [0.29, 0.717) is 0 Å². The molecule has 1 aliphatic heterocycles. The molecule has 0 radical (unpaired) electrons. The number of aliphatic hydroxyl groups excluding tert-OH is 4. The Morgan fingerprint density at radius 3 is 2.30 bits per heavy atom. The van der Waals surface area contributed by atoms with Crippen LogP contribution in [0, 0.1) is 0 Å². The van der Waals surface area contributed by atoms with Crippen molar-refractivity contribution in [2.75, 3.05) is 6.61 Å². The molecule has 0 bridgehead atoms. The molecule has 2 aromatic carbocycles. The second-order valence-corrected chi connectivity index (χ2v) is 7.44. The summed E-state index contributed by atoms with van der Waals surface area (Å²) in [7, 11) is 0. The molecule has 1 aliphatic rings. The number of fused-ring (bicyclic) bond motifs is 1. The number of phenols is 3. The number of aliphatic hydroxyl groups is 4. The molecule has 1 unspecified atom stereocenters.